The molecular formula is C35H49N3O6. The van der Waals surface area contributed by atoms with Crippen LogP contribution >= 0.6 is 0 Å². The van der Waals surface area contributed by atoms with Gasteiger partial charge in [0.05, 0.1) is 7.11 Å². The summed E-state index contributed by atoms with van der Waals surface area (Å²) in [7, 11) is 1.24. The minimum atomic E-state index is -1.08. The molecule has 3 amide bonds. The molecular weight excluding hydrogens is 558 g/mol. The number of nitrogens with zero attached hydrogens (tertiary/aromatic N) is 1. The van der Waals surface area contributed by atoms with E-state index in [1.807, 2.05) is 36.4 Å². The number of alkyl carbamates (subject to hydrolysis) is 1. The molecule has 2 atom stereocenters. The summed E-state index contributed by atoms with van der Waals surface area (Å²) in [5, 5.41) is 5.41. The Morgan fingerprint density at radius 3 is 2.27 bits per heavy atom. The SMILES string of the molecule is C=Cc1cccc(C(C(=O)NCC(=O)OC)N(CCCCCCCC)C(=O)C(Cc2ccccc2)NC(=O)OC(C)(C)C)c1. The minimum Gasteiger partial charge on any atom is -0.468 e. The van der Waals surface area contributed by atoms with Gasteiger partial charge in [0.2, 0.25) is 11.8 Å². The summed E-state index contributed by atoms with van der Waals surface area (Å²) in [5.41, 5.74) is 1.39. The van der Waals surface area contributed by atoms with Crippen LogP contribution in [0.4, 0.5) is 4.79 Å². The molecule has 9 heteroatoms. The zero-order chi connectivity index (χ0) is 32.5. The van der Waals surface area contributed by atoms with Crippen molar-refractivity contribution in [1.29, 1.82) is 0 Å². The van der Waals surface area contributed by atoms with Crippen LogP contribution in [0.15, 0.2) is 61.2 Å². The fourth-order valence-electron chi connectivity index (χ4n) is 4.79. The van der Waals surface area contributed by atoms with E-state index in [0.29, 0.717) is 12.0 Å². The van der Waals surface area contributed by atoms with Gasteiger partial charge >= 0.3 is 12.1 Å². The molecule has 2 N–H and O–H groups in total. The van der Waals surface area contributed by atoms with E-state index in [9.17, 15) is 19.2 Å². The Morgan fingerprint density at radius 1 is 0.955 bits per heavy atom. The highest BCUT2D eigenvalue weighted by Crippen LogP contribution is 2.26. The number of unbranched alkanes of at least 4 members (excludes halogenated alkanes) is 5. The number of rotatable bonds is 17. The van der Waals surface area contributed by atoms with Crippen molar-refractivity contribution in [3.8, 4) is 0 Å². The molecule has 0 saturated heterocycles. The Bertz CT molecular complexity index is 1220. The van der Waals surface area contributed by atoms with Gasteiger partial charge in [0, 0.05) is 13.0 Å². The molecule has 0 aromatic heterocycles. The average Bonchev–Trinajstić information content (AvgIpc) is 2.99. The van der Waals surface area contributed by atoms with Crippen LogP contribution in [0.25, 0.3) is 6.08 Å². The third-order valence-corrected chi connectivity index (χ3v) is 6.96. The zero-order valence-corrected chi connectivity index (χ0v) is 26.9. The van der Waals surface area contributed by atoms with Gasteiger partial charge in [0.25, 0.3) is 0 Å². The minimum absolute atomic E-state index is 0.190. The predicted octanol–water partition coefficient (Wildman–Crippen LogP) is 5.99. The number of benzene rings is 2. The first-order chi connectivity index (χ1) is 21.0. The highest BCUT2D eigenvalue weighted by Gasteiger charge is 2.36. The number of methoxy groups -OCH3 is 1. The molecule has 2 aromatic rings. The summed E-state index contributed by atoms with van der Waals surface area (Å²) in [6.45, 7) is 11.2. The van der Waals surface area contributed by atoms with E-state index in [-0.39, 0.29) is 19.5 Å². The zero-order valence-electron chi connectivity index (χ0n) is 26.9. The van der Waals surface area contributed by atoms with Crippen molar-refractivity contribution in [1.82, 2.24) is 15.5 Å². The highest BCUT2D eigenvalue weighted by atomic mass is 16.6. The number of carbonyl (C=O) groups is 4. The Hall–Kier alpha value is -4.14. The van der Waals surface area contributed by atoms with Gasteiger partial charge in [0.15, 0.2) is 0 Å². The lowest BCUT2D eigenvalue weighted by Crippen LogP contribution is -2.54. The van der Waals surface area contributed by atoms with Crippen LogP contribution in [0.2, 0.25) is 0 Å². The fourth-order valence-corrected chi connectivity index (χ4v) is 4.79. The Balaban J connectivity index is 2.55. The maximum atomic E-state index is 14.5. The van der Waals surface area contributed by atoms with Crippen LogP contribution < -0.4 is 10.6 Å². The number of nitrogens with one attached hydrogen (secondary N) is 2. The molecule has 0 radical (unpaired) electrons. The van der Waals surface area contributed by atoms with Crippen molar-refractivity contribution >= 4 is 30.0 Å². The topological polar surface area (TPSA) is 114 Å². The van der Waals surface area contributed by atoms with Crippen molar-refractivity contribution in [2.45, 2.75) is 90.3 Å². The molecule has 9 nitrogen and oxygen atoms in total. The van der Waals surface area contributed by atoms with Crippen molar-refractivity contribution in [3.05, 3.63) is 77.9 Å². The summed E-state index contributed by atoms with van der Waals surface area (Å²) < 4.78 is 10.2. The monoisotopic (exact) mass is 607 g/mol. The van der Waals surface area contributed by atoms with Crippen LogP contribution in [-0.2, 0) is 30.3 Å². The predicted molar refractivity (Wildman–Crippen MR) is 173 cm³/mol. The van der Waals surface area contributed by atoms with Crippen molar-refractivity contribution in [2.24, 2.45) is 0 Å². The molecule has 2 unspecified atom stereocenters. The van der Waals surface area contributed by atoms with E-state index in [4.69, 9.17) is 9.47 Å². The Kier molecular flexibility index (Phi) is 15.2. The van der Waals surface area contributed by atoms with E-state index in [1.165, 1.54) is 12.0 Å². The van der Waals surface area contributed by atoms with E-state index < -0.39 is 41.6 Å². The molecule has 0 bridgehead atoms. The summed E-state index contributed by atoms with van der Waals surface area (Å²) in [4.78, 5) is 54.8. The van der Waals surface area contributed by atoms with Crippen LogP contribution in [-0.4, -0.2) is 60.6 Å². The summed E-state index contributed by atoms with van der Waals surface area (Å²) in [6.07, 6.45) is 6.99. The first-order valence-corrected chi connectivity index (χ1v) is 15.4. The maximum Gasteiger partial charge on any atom is 0.408 e. The number of esters is 1. The van der Waals surface area contributed by atoms with Gasteiger partial charge in [-0.2, -0.15) is 0 Å². The van der Waals surface area contributed by atoms with Crippen LogP contribution in [0, 0.1) is 0 Å². The van der Waals surface area contributed by atoms with Crippen molar-refractivity contribution in [2.75, 3.05) is 20.2 Å². The number of hydrogen-bond donors (Lipinski definition) is 2. The Morgan fingerprint density at radius 2 is 1.64 bits per heavy atom. The molecule has 0 aliphatic rings. The smallest absolute Gasteiger partial charge is 0.408 e. The molecule has 2 rings (SSSR count). The van der Waals surface area contributed by atoms with Crippen LogP contribution in [0.5, 0.6) is 0 Å². The fraction of sp³-hybridized carbons (Fsp3) is 0.486. The maximum absolute atomic E-state index is 14.5. The quantitative estimate of drug-likeness (QED) is 0.169. The second-order valence-corrected chi connectivity index (χ2v) is 11.8. The van der Waals surface area contributed by atoms with E-state index >= 15 is 0 Å². The second kappa shape index (κ2) is 18.5. The van der Waals surface area contributed by atoms with Crippen molar-refractivity contribution in [3.63, 3.8) is 0 Å². The molecule has 240 valence electrons. The van der Waals surface area contributed by atoms with Gasteiger partial charge in [-0.1, -0.05) is 100 Å². The van der Waals surface area contributed by atoms with E-state index in [2.05, 4.69) is 24.1 Å². The lowest BCUT2D eigenvalue weighted by atomic mass is 9.98. The molecule has 0 aliphatic carbocycles. The van der Waals surface area contributed by atoms with Crippen molar-refractivity contribution < 1.29 is 28.7 Å². The number of amides is 3. The van der Waals surface area contributed by atoms with Gasteiger partial charge in [-0.25, -0.2) is 4.79 Å². The van der Waals surface area contributed by atoms with E-state index in [1.54, 1.807) is 45.0 Å². The molecule has 0 aliphatic heterocycles. The second-order valence-electron chi connectivity index (χ2n) is 11.8. The lowest BCUT2D eigenvalue weighted by Gasteiger charge is -2.34. The molecule has 44 heavy (non-hydrogen) atoms. The van der Waals surface area contributed by atoms with Gasteiger partial charge < -0.3 is 25.0 Å². The average molecular weight is 608 g/mol. The number of carbonyl (C=O) groups excluding carboxylic acids is 4. The molecule has 0 fully saturated rings. The molecule has 2 aromatic carbocycles. The highest BCUT2D eigenvalue weighted by molar-refractivity contribution is 5.93. The van der Waals surface area contributed by atoms with E-state index in [0.717, 1.165) is 43.2 Å². The first kappa shape index (κ1) is 36.1. The third kappa shape index (κ3) is 12.6. The summed E-state index contributed by atoms with van der Waals surface area (Å²) in [5.74, 6) is -1.58. The van der Waals surface area contributed by atoms with Gasteiger partial charge in [0.1, 0.15) is 24.2 Å². The largest absolute Gasteiger partial charge is 0.468 e. The summed E-state index contributed by atoms with van der Waals surface area (Å²) in [6, 6.07) is 14.5. The molecule has 0 saturated carbocycles. The number of hydrogen-bond acceptors (Lipinski definition) is 6. The van der Waals surface area contributed by atoms with Gasteiger partial charge in [-0.3, -0.25) is 14.4 Å². The number of ether oxygens (including phenoxy) is 2. The van der Waals surface area contributed by atoms with Gasteiger partial charge in [-0.05, 0) is 49.9 Å². The van der Waals surface area contributed by atoms with Crippen LogP contribution in [0.3, 0.4) is 0 Å². The summed E-state index contributed by atoms with van der Waals surface area (Å²) >= 11 is 0. The normalized spacial score (nSPS) is 12.4. The lowest BCUT2D eigenvalue weighted by molar-refractivity contribution is -0.144. The molecule has 0 heterocycles. The van der Waals surface area contributed by atoms with Crippen LogP contribution in [0.1, 0.15) is 89.0 Å². The first-order valence-electron chi connectivity index (χ1n) is 15.4. The molecule has 0 spiro atoms. The third-order valence-electron chi connectivity index (χ3n) is 6.96. The van der Waals surface area contributed by atoms with Gasteiger partial charge in [-0.15, -0.1) is 0 Å². The Labute approximate surface area is 262 Å². The standard InChI is InChI=1S/C35H49N3O6/c1-7-9-10-11-12-16-22-38(31(32(40)36-25-30(39)43-6)28-21-17-20-26(8-2)23-28)33(41)29(24-27-18-14-13-15-19-27)37-34(42)44-35(3,4)5/h8,13-15,17-21,23,29,31H,2,7,9-12,16,22,24-25H2,1,3-6H3,(H,36,40)(H,37,42).